The van der Waals surface area contributed by atoms with E-state index in [0.29, 0.717) is 24.6 Å². The number of hydrogen-bond acceptors (Lipinski definition) is 4. The van der Waals surface area contributed by atoms with Gasteiger partial charge in [-0.15, -0.1) is 11.3 Å². The number of rotatable bonds is 6. The Balaban J connectivity index is 1.87. The topological polar surface area (TPSA) is 70.6 Å². The first kappa shape index (κ1) is 17.3. The van der Waals surface area contributed by atoms with Gasteiger partial charge in [-0.25, -0.2) is 13.4 Å². The molecule has 5 nitrogen and oxygen atoms in total. The Kier molecular flexibility index (Phi) is 6.26. The van der Waals surface area contributed by atoms with Gasteiger partial charge in [-0.3, -0.25) is 0 Å². The van der Waals surface area contributed by atoms with E-state index in [-0.39, 0.29) is 5.92 Å². The van der Waals surface area contributed by atoms with Gasteiger partial charge in [0.25, 0.3) is 0 Å². The van der Waals surface area contributed by atoms with Gasteiger partial charge < -0.3 is 10.6 Å². The van der Waals surface area contributed by atoms with Crippen molar-refractivity contribution in [3.8, 4) is 0 Å². The van der Waals surface area contributed by atoms with Gasteiger partial charge in [0.05, 0.1) is 18.1 Å². The van der Waals surface area contributed by atoms with Gasteiger partial charge in [0.2, 0.25) is 0 Å². The summed E-state index contributed by atoms with van der Waals surface area (Å²) in [4.78, 5) is 7.21. The van der Waals surface area contributed by atoms with E-state index >= 15 is 0 Å². The number of nitrogens with one attached hydrogen (secondary N) is 2. The Morgan fingerprint density at radius 3 is 2.68 bits per heavy atom. The molecule has 1 fully saturated rings. The minimum Gasteiger partial charge on any atom is -0.357 e. The van der Waals surface area contributed by atoms with Crippen molar-refractivity contribution in [3.05, 3.63) is 21.9 Å². The third-order valence-corrected chi connectivity index (χ3v) is 6.74. The summed E-state index contributed by atoms with van der Waals surface area (Å²) in [6, 6.07) is 4.28. The summed E-state index contributed by atoms with van der Waals surface area (Å²) in [6.45, 7) is 6.29. The molecule has 0 radical (unpaired) electrons. The smallest absolute Gasteiger partial charge is 0.191 e. The van der Waals surface area contributed by atoms with Crippen LogP contribution in [0.1, 0.15) is 30.0 Å². The van der Waals surface area contributed by atoms with Crippen molar-refractivity contribution >= 4 is 27.1 Å². The van der Waals surface area contributed by atoms with Gasteiger partial charge in [-0.2, -0.15) is 0 Å². The zero-order valence-corrected chi connectivity index (χ0v) is 14.9. The van der Waals surface area contributed by atoms with Gasteiger partial charge in [0.15, 0.2) is 15.8 Å². The predicted octanol–water partition coefficient (Wildman–Crippen LogP) is 1.80. The van der Waals surface area contributed by atoms with Crippen LogP contribution in [0.25, 0.3) is 0 Å². The number of guanidine groups is 1. The molecule has 7 heteroatoms. The number of aryl methyl sites for hydroxylation is 1. The lowest BCUT2D eigenvalue weighted by Gasteiger charge is -2.14. The average Bonchev–Trinajstić information content (AvgIpc) is 3.08. The molecule has 124 valence electrons. The zero-order valence-electron chi connectivity index (χ0n) is 13.3. The summed E-state index contributed by atoms with van der Waals surface area (Å²) in [6.07, 6.45) is 1.81. The Morgan fingerprint density at radius 2 is 2.09 bits per heavy atom. The molecule has 0 spiro atoms. The maximum Gasteiger partial charge on any atom is 0.191 e. The fourth-order valence-electron chi connectivity index (χ4n) is 2.47. The van der Waals surface area contributed by atoms with Crippen LogP contribution in [0.3, 0.4) is 0 Å². The van der Waals surface area contributed by atoms with Crippen molar-refractivity contribution in [3.63, 3.8) is 0 Å². The first-order valence-electron chi connectivity index (χ1n) is 7.82. The highest BCUT2D eigenvalue weighted by Gasteiger charge is 2.27. The lowest BCUT2D eigenvalue weighted by atomic mass is 10.1. The van der Waals surface area contributed by atoms with E-state index in [1.165, 1.54) is 9.75 Å². The van der Waals surface area contributed by atoms with E-state index in [1.54, 1.807) is 11.3 Å². The van der Waals surface area contributed by atoms with Crippen LogP contribution in [-0.4, -0.2) is 39.0 Å². The summed E-state index contributed by atoms with van der Waals surface area (Å²) in [5.74, 6) is 1.58. The second kappa shape index (κ2) is 7.97. The van der Waals surface area contributed by atoms with Crippen LogP contribution in [0.4, 0.5) is 0 Å². The molecule has 1 atom stereocenters. The van der Waals surface area contributed by atoms with Gasteiger partial charge in [0.1, 0.15) is 0 Å². The van der Waals surface area contributed by atoms with Crippen LogP contribution in [0.5, 0.6) is 0 Å². The summed E-state index contributed by atoms with van der Waals surface area (Å²) in [5.41, 5.74) is 0. The van der Waals surface area contributed by atoms with Gasteiger partial charge in [0, 0.05) is 22.8 Å². The number of thiophene rings is 1. The standard InChI is InChI=1S/C15H25N3O2S2/c1-3-13-5-6-14(21-13)10-18-15(16-4-2)17-9-12-7-8-22(19,20)11-12/h5-6,12H,3-4,7-11H2,1-2H3,(H2,16,17,18). The first-order valence-corrected chi connectivity index (χ1v) is 10.5. The molecule has 1 aromatic heterocycles. The summed E-state index contributed by atoms with van der Waals surface area (Å²) < 4.78 is 23.0. The molecule has 1 saturated heterocycles. The molecule has 0 saturated carbocycles. The minimum absolute atomic E-state index is 0.197. The lowest BCUT2D eigenvalue weighted by Crippen LogP contribution is -2.40. The van der Waals surface area contributed by atoms with E-state index in [2.05, 4.69) is 34.7 Å². The third-order valence-electron chi connectivity index (χ3n) is 3.69. The Morgan fingerprint density at radius 1 is 1.32 bits per heavy atom. The van der Waals surface area contributed by atoms with E-state index in [1.807, 2.05) is 6.92 Å². The molecular weight excluding hydrogens is 318 g/mol. The van der Waals surface area contributed by atoms with Crippen molar-refractivity contribution in [1.82, 2.24) is 10.6 Å². The van der Waals surface area contributed by atoms with Gasteiger partial charge in [-0.1, -0.05) is 6.92 Å². The lowest BCUT2D eigenvalue weighted by molar-refractivity contribution is 0.567. The van der Waals surface area contributed by atoms with Crippen LogP contribution in [0.15, 0.2) is 17.1 Å². The van der Waals surface area contributed by atoms with E-state index in [4.69, 9.17) is 0 Å². The second-order valence-electron chi connectivity index (χ2n) is 5.57. The highest BCUT2D eigenvalue weighted by Crippen LogP contribution is 2.18. The second-order valence-corrected chi connectivity index (χ2v) is 9.05. The molecule has 2 N–H and O–H groups in total. The maximum atomic E-state index is 11.5. The van der Waals surface area contributed by atoms with E-state index < -0.39 is 9.84 Å². The van der Waals surface area contributed by atoms with Crippen LogP contribution >= 0.6 is 11.3 Å². The molecule has 1 aliphatic heterocycles. The average molecular weight is 344 g/mol. The molecule has 22 heavy (non-hydrogen) atoms. The number of nitrogens with zero attached hydrogens (tertiary/aromatic N) is 1. The molecule has 0 bridgehead atoms. The van der Waals surface area contributed by atoms with Crippen LogP contribution < -0.4 is 10.6 Å². The van der Waals surface area contributed by atoms with Gasteiger partial charge >= 0.3 is 0 Å². The summed E-state index contributed by atoms with van der Waals surface area (Å²) in [5, 5.41) is 6.48. The number of aliphatic imine (C=N–C) groups is 1. The quantitative estimate of drug-likeness (QED) is 0.610. The third kappa shape index (κ3) is 5.28. The number of hydrogen-bond donors (Lipinski definition) is 2. The molecule has 1 aliphatic rings. The predicted molar refractivity (Wildman–Crippen MR) is 93.3 cm³/mol. The normalized spacial score (nSPS) is 21.0. The molecule has 0 aromatic carbocycles. The maximum absolute atomic E-state index is 11.5. The Labute approximate surface area is 137 Å². The SMILES string of the molecule is CCNC(=NCc1ccc(CC)s1)NCC1CCS(=O)(=O)C1. The van der Waals surface area contributed by atoms with E-state index in [0.717, 1.165) is 25.3 Å². The molecular formula is C15H25N3O2S2. The van der Waals surface area contributed by atoms with Gasteiger partial charge in [-0.05, 0) is 37.8 Å². The van der Waals surface area contributed by atoms with Crippen molar-refractivity contribution in [1.29, 1.82) is 0 Å². The summed E-state index contributed by atoms with van der Waals surface area (Å²) in [7, 11) is -2.81. The molecule has 1 unspecified atom stereocenters. The fourth-order valence-corrected chi connectivity index (χ4v) is 5.21. The summed E-state index contributed by atoms with van der Waals surface area (Å²) >= 11 is 1.79. The molecule has 0 amide bonds. The van der Waals surface area contributed by atoms with Crippen molar-refractivity contribution in [2.24, 2.45) is 10.9 Å². The highest BCUT2D eigenvalue weighted by atomic mass is 32.2. The molecule has 2 heterocycles. The van der Waals surface area contributed by atoms with Crippen molar-refractivity contribution in [2.75, 3.05) is 24.6 Å². The van der Waals surface area contributed by atoms with Crippen molar-refractivity contribution in [2.45, 2.75) is 33.2 Å². The van der Waals surface area contributed by atoms with Crippen LogP contribution in [-0.2, 0) is 22.8 Å². The largest absolute Gasteiger partial charge is 0.357 e. The fraction of sp³-hybridized carbons (Fsp3) is 0.667. The Bertz CT molecular complexity index is 608. The minimum atomic E-state index is -2.81. The van der Waals surface area contributed by atoms with E-state index in [9.17, 15) is 8.42 Å². The van der Waals surface area contributed by atoms with Crippen molar-refractivity contribution < 1.29 is 8.42 Å². The first-order chi connectivity index (χ1) is 10.5. The van der Waals surface area contributed by atoms with Crippen LogP contribution in [0.2, 0.25) is 0 Å². The molecule has 0 aliphatic carbocycles. The Hall–Kier alpha value is -1.08. The molecule has 1 aromatic rings. The monoisotopic (exact) mass is 343 g/mol. The zero-order chi connectivity index (χ0) is 16.0. The van der Waals surface area contributed by atoms with Crippen LogP contribution in [0, 0.1) is 5.92 Å². The highest BCUT2D eigenvalue weighted by molar-refractivity contribution is 7.91. The number of sulfone groups is 1. The molecule has 2 rings (SSSR count).